The number of benzene rings is 2. The number of rotatable bonds is 4. The Morgan fingerprint density at radius 3 is 2.50 bits per heavy atom. The maximum atomic E-state index is 14.9. The van der Waals surface area contributed by atoms with Gasteiger partial charge in [-0.15, -0.1) is 11.8 Å². The fraction of sp³-hybridized carbons (Fsp3) is 0.400. The summed E-state index contributed by atoms with van der Waals surface area (Å²) < 4.78 is 67.2. The lowest BCUT2D eigenvalue weighted by atomic mass is 9.75. The summed E-state index contributed by atoms with van der Waals surface area (Å²) in [6, 6.07) is 5.13. The molecule has 3 nitrogen and oxygen atoms in total. The monoisotopic (exact) mass is 414 g/mol. The first kappa shape index (κ1) is 19.5. The molecule has 2 aromatic rings. The normalized spacial score (nSPS) is 26.3. The van der Waals surface area contributed by atoms with E-state index in [9.17, 15) is 22.7 Å². The van der Waals surface area contributed by atoms with Crippen LogP contribution in [0.4, 0.5) is 17.6 Å². The maximum Gasteiger partial charge on any atom is 0.165 e. The van der Waals surface area contributed by atoms with Crippen molar-refractivity contribution in [2.45, 2.75) is 28.6 Å². The number of ether oxygens (including phenoxy) is 2. The highest BCUT2D eigenvalue weighted by Gasteiger charge is 2.54. The van der Waals surface area contributed by atoms with E-state index in [4.69, 9.17) is 9.47 Å². The van der Waals surface area contributed by atoms with Gasteiger partial charge in [-0.2, -0.15) is 0 Å². The lowest BCUT2D eigenvalue weighted by Gasteiger charge is -2.50. The van der Waals surface area contributed by atoms with Crippen LogP contribution in [0.15, 0.2) is 35.2 Å². The van der Waals surface area contributed by atoms with Crippen molar-refractivity contribution in [2.24, 2.45) is 5.92 Å². The molecule has 4 rings (SSSR count). The van der Waals surface area contributed by atoms with Crippen molar-refractivity contribution < 1.29 is 32.1 Å². The highest BCUT2D eigenvalue weighted by molar-refractivity contribution is 8.00. The molecule has 150 valence electrons. The molecular weight excluding hydrogens is 396 g/mol. The molecule has 0 bridgehead atoms. The van der Waals surface area contributed by atoms with Gasteiger partial charge in [0.25, 0.3) is 0 Å². The van der Waals surface area contributed by atoms with E-state index >= 15 is 0 Å². The van der Waals surface area contributed by atoms with Gasteiger partial charge in [0.2, 0.25) is 0 Å². The fourth-order valence-corrected chi connectivity index (χ4v) is 5.76. The van der Waals surface area contributed by atoms with Crippen LogP contribution in [0, 0.1) is 29.2 Å². The minimum atomic E-state index is -1.04. The Hall–Kier alpha value is -1.77. The minimum Gasteiger partial charge on any atom is -0.490 e. The van der Waals surface area contributed by atoms with Gasteiger partial charge in [0.05, 0.1) is 17.5 Å². The minimum absolute atomic E-state index is 0.0445. The molecular formula is C20H18F4O3S. The van der Waals surface area contributed by atoms with Crippen LogP contribution in [0.1, 0.15) is 18.4 Å². The van der Waals surface area contributed by atoms with Crippen molar-refractivity contribution in [2.75, 3.05) is 19.8 Å². The van der Waals surface area contributed by atoms with E-state index in [2.05, 4.69) is 0 Å². The van der Waals surface area contributed by atoms with E-state index in [-0.39, 0.29) is 36.0 Å². The van der Waals surface area contributed by atoms with Crippen molar-refractivity contribution in [3.05, 3.63) is 59.2 Å². The molecule has 0 aromatic heterocycles. The van der Waals surface area contributed by atoms with Crippen LogP contribution >= 0.6 is 11.8 Å². The van der Waals surface area contributed by atoms with E-state index in [1.54, 1.807) is 0 Å². The first-order valence-corrected chi connectivity index (χ1v) is 9.75. The highest BCUT2D eigenvalue weighted by Crippen LogP contribution is 2.59. The Bertz CT molecular complexity index is 872. The average molecular weight is 414 g/mol. The Labute approximate surface area is 163 Å². The third kappa shape index (κ3) is 3.27. The zero-order valence-electron chi connectivity index (χ0n) is 14.8. The third-order valence-electron chi connectivity index (χ3n) is 5.29. The molecule has 0 aliphatic carbocycles. The van der Waals surface area contributed by atoms with Crippen molar-refractivity contribution in [1.82, 2.24) is 0 Å². The first-order chi connectivity index (χ1) is 13.4. The van der Waals surface area contributed by atoms with Gasteiger partial charge < -0.3 is 14.6 Å². The number of halogens is 4. The van der Waals surface area contributed by atoms with Gasteiger partial charge in [-0.3, -0.25) is 0 Å². The van der Waals surface area contributed by atoms with E-state index in [1.165, 1.54) is 12.1 Å². The Kier molecular flexibility index (Phi) is 5.28. The van der Waals surface area contributed by atoms with Crippen molar-refractivity contribution in [3.63, 3.8) is 0 Å². The predicted octanol–water partition coefficient (Wildman–Crippen LogP) is 4.41. The topological polar surface area (TPSA) is 38.7 Å². The average Bonchev–Trinajstić information content (AvgIpc) is 2.63. The van der Waals surface area contributed by atoms with Gasteiger partial charge in [-0.25, -0.2) is 17.6 Å². The fourth-order valence-electron chi connectivity index (χ4n) is 4.15. The number of aliphatic hydroxyl groups is 1. The number of aliphatic hydroxyl groups excluding tert-OH is 1. The quantitative estimate of drug-likeness (QED) is 0.753. The van der Waals surface area contributed by atoms with Crippen molar-refractivity contribution >= 4 is 11.8 Å². The van der Waals surface area contributed by atoms with Crippen LogP contribution in [-0.4, -0.2) is 31.0 Å². The van der Waals surface area contributed by atoms with Crippen LogP contribution < -0.4 is 4.74 Å². The molecule has 2 aliphatic rings. The lowest BCUT2D eigenvalue weighted by Crippen LogP contribution is -2.52. The largest absolute Gasteiger partial charge is 0.490 e. The second-order valence-electron chi connectivity index (χ2n) is 6.92. The molecule has 1 N–H and O–H groups in total. The van der Waals surface area contributed by atoms with Crippen molar-refractivity contribution in [1.29, 1.82) is 0 Å². The number of thioether (sulfide) groups is 1. The lowest BCUT2D eigenvalue weighted by molar-refractivity contribution is -0.0783. The molecule has 8 heteroatoms. The molecule has 0 spiro atoms. The summed E-state index contributed by atoms with van der Waals surface area (Å²) in [5.41, 5.74) is 0.0460. The standard InChI is InChI=1S/C20H18F4O3S/c21-11-7-12(22)9-13(8-11)28-20-4-6-26-17(3-5-25)14(20)10-27-19-16(24)2-1-15(23)18(19)20/h1-2,7-9,14,17,25H,3-6,10H2/t14-,17-,20-/m1/s1. The van der Waals surface area contributed by atoms with Crippen molar-refractivity contribution in [3.8, 4) is 5.75 Å². The number of hydrogen-bond acceptors (Lipinski definition) is 4. The van der Waals surface area contributed by atoms with Crippen LogP contribution in [0.3, 0.4) is 0 Å². The molecule has 3 atom stereocenters. The molecule has 0 radical (unpaired) electrons. The number of hydrogen-bond donors (Lipinski definition) is 1. The second-order valence-corrected chi connectivity index (χ2v) is 8.32. The van der Waals surface area contributed by atoms with Crippen LogP contribution in [0.25, 0.3) is 0 Å². The molecule has 28 heavy (non-hydrogen) atoms. The summed E-state index contributed by atoms with van der Waals surface area (Å²) >= 11 is 1.09. The Morgan fingerprint density at radius 2 is 1.79 bits per heavy atom. The number of fused-ring (bicyclic) bond motifs is 3. The zero-order chi connectivity index (χ0) is 19.9. The maximum absolute atomic E-state index is 14.9. The van der Waals surface area contributed by atoms with Gasteiger partial charge in [0, 0.05) is 35.7 Å². The predicted molar refractivity (Wildman–Crippen MR) is 95.3 cm³/mol. The molecule has 2 aromatic carbocycles. The van der Waals surface area contributed by atoms with E-state index in [0.29, 0.717) is 12.8 Å². The highest BCUT2D eigenvalue weighted by atomic mass is 32.2. The smallest absolute Gasteiger partial charge is 0.165 e. The molecule has 0 unspecified atom stereocenters. The second kappa shape index (κ2) is 7.57. The van der Waals surface area contributed by atoms with Gasteiger partial charge in [-0.1, -0.05) is 0 Å². The van der Waals surface area contributed by atoms with E-state index in [0.717, 1.165) is 30.0 Å². The van der Waals surface area contributed by atoms with E-state index < -0.39 is 40.0 Å². The summed E-state index contributed by atoms with van der Waals surface area (Å²) in [6.07, 6.45) is 0.139. The van der Waals surface area contributed by atoms with Crippen LogP contribution in [0.2, 0.25) is 0 Å². The van der Waals surface area contributed by atoms with Crippen LogP contribution in [-0.2, 0) is 9.48 Å². The van der Waals surface area contributed by atoms with Gasteiger partial charge >= 0.3 is 0 Å². The summed E-state index contributed by atoms with van der Waals surface area (Å²) in [5, 5.41) is 9.39. The third-order valence-corrected chi connectivity index (χ3v) is 6.84. The summed E-state index contributed by atoms with van der Waals surface area (Å²) in [7, 11) is 0. The Balaban J connectivity index is 1.88. The first-order valence-electron chi connectivity index (χ1n) is 8.93. The van der Waals surface area contributed by atoms with Gasteiger partial charge in [-0.05, 0) is 37.1 Å². The summed E-state index contributed by atoms with van der Waals surface area (Å²) in [4.78, 5) is 0.267. The van der Waals surface area contributed by atoms with E-state index in [1.807, 2.05) is 0 Å². The molecule has 2 heterocycles. The molecule has 0 saturated carbocycles. The van der Waals surface area contributed by atoms with Gasteiger partial charge in [0.1, 0.15) is 17.5 Å². The van der Waals surface area contributed by atoms with Gasteiger partial charge in [0.15, 0.2) is 11.6 Å². The SMILES string of the molecule is OCC[C@H]1OCC[C@]2(Sc3cc(F)cc(F)c3)c3c(F)ccc(F)c3OC[C@H]12. The Morgan fingerprint density at radius 1 is 1.07 bits per heavy atom. The molecule has 1 saturated heterocycles. The summed E-state index contributed by atoms with van der Waals surface area (Å²) in [5.74, 6) is -3.44. The molecule has 2 aliphatic heterocycles. The molecule has 1 fully saturated rings. The zero-order valence-corrected chi connectivity index (χ0v) is 15.6. The van der Waals surface area contributed by atoms with Crippen LogP contribution in [0.5, 0.6) is 5.75 Å². The summed E-state index contributed by atoms with van der Waals surface area (Å²) in [6.45, 7) is 0.138. The molecule has 0 amide bonds.